The third kappa shape index (κ3) is 4.07. The van der Waals surface area contributed by atoms with Crippen molar-refractivity contribution in [2.75, 3.05) is 25.0 Å². The predicted molar refractivity (Wildman–Crippen MR) is 123 cm³/mol. The number of hydrogen-bond acceptors (Lipinski definition) is 6. The molecule has 1 atom stereocenters. The van der Waals surface area contributed by atoms with E-state index in [2.05, 4.69) is 44.5 Å². The van der Waals surface area contributed by atoms with Gasteiger partial charge in [0.25, 0.3) is 0 Å². The van der Waals surface area contributed by atoms with Crippen LogP contribution in [0.4, 0.5) is 18.9 Å². The Bertz CT molecular complexity index is 972. The molecule has 1 unspecified atom stereocenters. The number of nitrogens with zero attached hydrogens (tertiary/aromatic N) is 4. The van der Waals surface area contributed by atoms with Crippen LogP contribution in [0, 0.1) is 5.92 Å². The van der Waals surface area contributed by atoms with Gasteiger partial charge in [-0.2, -0.15) is 13.2 Å². The first-order chi connectivity index (χ1) is 16.3. The van der Waals surface area contributed by atoms with Gasteiger partial charge in [0.05, 0.1) is 18.1 Å². The quantitative estimate of drug-likeness (QED) is 0.678. The highest BCUT2D eigenvalue weighted by atomic mass is 19.4. The number of aromatic nitrogens is 2. The molecule has 9 heteroatoms. The van der Waals surface area contributed by atoms with E-state index in [-0.39, 0.29) is 11.1 Å². The molecule has 0 amide bonds. The Balaban J connectivity index is 1.41. The zero-order chi connectivity index (χ0) is 24.0. The lowest BCUT2D eigenvalue weighted by atomic mass is 9.68. The Morgan fingerprint density at radius 1 is 1.06 bits per heavy atom. The molecule has 184 valence electrons. The summed E-state index contributed by atoms with van der Waals surface area (Å²) in [5, 5.41) is 15.0. The first-order valence-corrected chi connectivity index (χ1v) is 12.1. The van der Waals surface area contributed by atoms with Crippen molar-refractivity contribution in [3.05, 3.63) is 54.1 Å². The molecule has 1 spiro atoms. The average Bonchev–Trinajstić information content (AvgIpc) is 3.08. The fourth-order valence-electron chi connectivity index (χ4n) is 6.01. The summed E-state index contributed by atoms with van der Waals surface area (Å²) >= 11 is 0. The molecule has 2 aliphatic carbocycles. The number of benzene rings is 1. The number of hydrogen-bond donors (Lipinski definition) is 2. The summed E-state index contributed by atoms with van der Waals surface area (Å²) in [7, 11) is 2.01. The Labute approximate surface area is 198 Å². The van der Waals surface area contributed by atoms with Gasteiger partial charge < -0.3 is 15.3 Å². The van der Waals surface area contributed by atoms with E-state index in [0.717, 1.165) is 45.1 Å². The monoisotopic (exact) mass is 475 g/mol. The number of halogens is 3. The fourth-order valence-corrected chi connectivity index (χ4v) is 6.01. The van der Waals surface area contributed by atoms with Crippen LogP contribution in [-0.2, 0) is 11.7 Å². The van der Waals surface area contributed by atoms with Crippen molar-refractivity contribution in [3.8, 4) is 0 Å². The average molecular weight is 476 g/mol. The fraction of sp³-hybridized carbons (Fsp3) is 0.600. The maximum Gasteiger partial charge on any atom is 0.451 e. The van der Waals surface area contributed by atoms with Gasteiger partial charge >= 0.3 is 6.18 Å². The molecule has 2 saturated carbocycles. The van der Waals surface area contributed by atoms with Gasteiger partial charge in [0, 0.05) is 24.2 Å². The second-order valence-corrected chi connectivity index (χ2v) is 10.1. The van der Waals surface area contributed by atoms with E-state index in [0.29, 0.717) is 18.2 Å². The Hall–Kier alpha value is -2.23. The van der Waals surface area contributed by atoms with Crippen LogP contribution in [0.25, 0.3) is 0 Å². The van der Waals surface area contributed by atoms with Crippen molar-refractivity contribution in [2.24, 2.45) is 5.92 Å². The van der Waals surface area contributed by atoms with E-state index < -0.39 is 18.4 Å². The second kappa shape index (κ2) is 8.77. The van der Waals surface area contributed by atoms with Gasteiger partial charge in [0.2, 0.25) is 5.82 Å². The van der Waals surface area contributed by atoms with Gasteiger partial charge in [-0.1, -0.05) is 36.8 Å². The van der Waals surface area contributed by atoms with Crippen molar-refractivity contribution < 1.29 is 18.3 Å². The minimum absolute atomic E-state index is 0.121. The van der Waals surface area contributed by atoms with Crippen LogP contribution in [0.3, 0.4) is 0 Å². The molecule has 0 bridgehead atoms. The molecule has 3 aliphatic rings. The molecular weight excluding hydrogens is 443 g/mol. The maximum absolute atomic E-state index is 13.0. The zero-order valence-electron chi connectivity index (χ0n) is 19.4. The summed E-state index contributed by atoms with van der Waals surface area (Å²) in [5.41, 5.74) is 1.33. The van der Waals surface area contributed by atoms with Crippen LogP contribution < -0.4 is 10.2 Å². The molecule has 34 heavy (non-hydrogen) atoms. The summed E-state index contributed by atoms with van der Waals surface area (Å²) < 4.78 is 38.9. The highest BCUT2D eigenvalue weighted by molar-refractivity contribution is 5.45. The minimum Gasteiger partial charge on any atom is -0.361 e. The molecule has 1 aromatic carbocycles. The van der Waals surface area contributed by atoms with Crippen molar-refractivity contribution >= 4 is 5.69 Å². The SMILES string of the molecule is CNC1(c2ccccc2)CCC2(CC1)CN(c1cnc(C(F)(F)F)nc1)C(O)N2CC1CCC1. The number of anilines is 1. The molecule has 5 rings (SSSR count). The maximum atomic E-state index is 13.0. The van der Waals surface area contributed by atoms with E-state index in [1.165, 1.54) is 24.4 Å². The summed E-state index contributed by atoms with van der Waals surface area (Å²) in [5.74, 6) is -0.606. The van der Waals surface area contributed by atoms with Crippen LogP contribution >= 0.6 is 0 Å². The molecule has 1 aromatic heterocycles. The van der Waals surface area contributed by atoms with E-state index in [1.807, 2.05) is 13.1 Å². The summed E-state index contributed by atoms with van der Waals surface area (Å²) in [4.78, 5) is 11.0. The van der Waals surface area contributed by atoms with Crippen LogP contribution in [-0.4, -0.2) is 52.0 Å². The topological polar surface area (TPSA) is 64.5 Å². The molecule has 1 aliphatic heterocycles. The summed E-state index contributed by atoms with van der Waals surface area (Å²) in [6.07, 6.45) is 4.01. The van der Waals surface area contributed by atoms with Crippen LogP contribution in [0.1, 0.15) is 56.3 Å². The zero-order valence-corrected chi connectivity index (χ0v) is 19.4. The smallest absolute Gasteiger partial charge is 0.361 e. The van der Waals surface area contributed by atoms with E-state index >= 15 is 0 Å². The number of aliphatic hydroxyl groups is 1. The third-order valence-corrected chi connectivity index (χ3v) is 8.37. The lowest BCUT2D eigenvalue weighted by Crippen LogP contribution is -2.57. The second-order valence-electron chi connectivity index (χ2n) is 10.1. The molecule has 0 radical (unpaired) electrons. The number of nitrogens with one attached hydrogen (secondary N) is 1. The standard InChI is InChI=1S/C25H32F3N5O/c1-29-24(19-8-3-2-4-9-19)12-10-23(11-13-24)17-32(22(34)33(23)16-18-6-5-7-18)20-14-30-21(31-15-20)25(26,27)28/h2-4,8-9,14-15,18,22,29,34H,5-7,10-13,16-17H2,1H3. The van der Waals surface area contributed by atoms with Crippen molar-refractivity contribution in [3.63, 3.8) is 0 Å². The van der Waals surface area contributed by atoms with Gasteiger partial charge in [0.1, 0.15) is 0 Å². The molecule has 3 fully saturated rings. The Morgan fingerprint density at radius 3 is 2.24 bits per heavy atom. The lowest BCUT2D eigenvalue weighted by molar-refractivity contribution is -0.144. The molecular formula is C25H32F3N5O. The number of rotatable bonds is 5. The highest BCUT2D eigenvalue weighted by Gasteiger charge is 2.54. The van der Waals surface area contributed by atoms with E-state index in [1.54, 1.807) is 4.90 Å². The Kier molecular flexibility index (Phi) is 6.06. The molecule has 2 aromatic rings. The van der Waals surface area contributed by atoms with Gasteiger partial charge in [0.15, 0.2) is 6.35 Å². The summed E-state index contributed by atoms with van der Waals surface area (Å²) in [6, 6.07) is 10.5. The Morgan fingerprint density at radius 2 is 1.71 bits per heavy atom. The highest BCUT2D eigenvalue weighted by Crippen LogP contribution is 2.49. The van der Waals surface area contributed by atoms with Crippen molar-refractivity contribution in [2.45, 2.75) is 68.6 Å². The van der Waals surface area contributed by atoms with Crippen molar-refractivity contribution in [1.29, 1.82) is 0 Å². The molecule has 2 heterocycles. The van der Waals surface area contributed by atoms with E-state index in [4.69, 9.17) is 0 Å². The van der Waals surface area contributed by atoms with Crippen LogP contribution in [0.15, 0.2) is 42.7 Å². The third-order valence-electron chi connectivity index (χ3n) is 8.37. The number of alkyl halides is 3. The van der Waals surface area contributed by atoms with Crippen molar-refractivity contribution in [1.82, 2.24) is 20.2 Å². The normalized spacial score (nSPS) is 30.6. The molecule has 6 nitrogen and oxygen atoms in total. The number of aliphatic hydroxyl groups excluding tert-OH is 1. The van der Waals surface area contributed by atoms with Gasteiger partial charge in [-0.25, -0.2) is 9.97 Å². The molecule has 2 N–H and O–H groups in total. The summed E-state index contributed by atoms with van der Waals surface area (Å²) in [6.45, 7) is 1.35. The largest absolute Gasteiger partial charge is 0.451 e. The predicted octanol–water partition coefficient (Wildman–Crippen LogP) is 4.12. The first kappa shape index (κ1) is 23.5. The first-order valence-electron chi connectivity index (χ1n) is 12.1. The lowest BCUT2D eigenvalue weighted by Gasteiger charge is -2.49. The van der Waals surface area contributed by atoms with Gasteiger partial charge in [-0.3, -0.25) is 4.90 Å². The van der Waals surface area contributed by atoms with Crippen LogP contribution in [0.5, 0.6) is 0 Å². The van der Waals surface area contributed by atoms with E-state index in [9.17, 15) is 18.3 Å². The van der Waals surface area contributed by atoms with Gasteiger partial charge in [-0.05, 0) is 57.1 Å². The minimum atomic E-state index is -4.59. The van der Waals surface area contributed by atoms with Gasteiger partial charge in [-0.15, -0.1) is 0 Å². The molecule has 1 saturated heterocycles. The van der Waals surface area contributed by atoms with Crippen LogP contribution in [0.2, 0.25) is 0 Å².